The monoisotopic (exact) mass is 466 g/mol. The summed E-state index contributed by atoms with van der Waals surface area (Å²) in [4.78, 5) is 36.6. The number of nitrogens with zero attached hydrogens (tertiary/aromatic N) is 2. The van der Waals surface area contributed by atoms with Crippen molar-refractivity contribution in [3.63, 3.8) is 0 Å². The van der Waals surface area contributed by atoms with Crippen LogP contribution in [0, 0.1) is 10.1 Å². The number of hydrazine groups is 1. The highest BCUT2D eigenvalue weighted by Crippen LogP contribution is 2.33. The fraction of sp³-hybridized carbons (Fsp3) is 0.0476. The van der Waals surface area contributed by atoms with E-state index < -0.39 is 22.9 Å². The van der Waals surface area contributed by atoms with Crippen LogP contribution >= 0.6 is 15.9 Å². The third kappa shape index (κ3) is 3.74. The second kappa shape index (κ2) is 7.96. The van der Waals surface area contributed by atoms with Crippen molar-refractivity contribution in [2.45, 2.75) is 6.17 Å². The summed E-state index contributed by atoms with van der Waals surface area (Å²) in [5.74, 6) is -0.904. The van der Waals surface area contributed by atoms with Gasteiger partial charge in [-0.2, -0.15) is 0 Å². The van der Waals surface area contributed by atoms with Gasteiger partial charge in [-0.15, -0.1) is 0 Å². The molecule has 0 aromatic heterocycles. The van der Waals surface area contributed by atoms with Gasteiger partial charge in [-0.3, -0.25) is 25.1 Å². The van der Waals surface area contributed by atoms with Crippen LogP contribution in [0.3, 0.4) is 0 Å². The van der Waals surface area contributed by atoms with E-state index >= 15 is 0 Å². The summed E-state index contributed by atoms with van der Waals surface area (Å²) >= 11 is 3.32. The maximum Gasteiger partial charge on any atom is 0.276 e. The zero-order chi connectivity index (χ0) is 21.3. The number of hydrogen-bond acceptors (Lipinski definition) is 5. The molecule has 0 bridgehead atoms. The van der Waals surface area contributed by atoms with E-state index in [1.54, 1.807) is 54.6 Å². The SMILES string of the molecule is O=C(NN1C(=O)c2ccccc2NC1c1cccc([N+](=O)[O-])c1)c1ccc(Br)cc1. The van der Waals surface area contributed by atoms with Crippen LogP contribution < -0.4 is 10.7 Å². The molecule has 1 aliphatic rings. The van der Waals surface area contributed by atoms with Crippen molar-refractivity contribution in [2.24, 2.45) is 0 Å². The van der Waals surface area contributed by atoms with Crippen molar-refractivity contribution in [2.75, 3.05) is 5.32 Å². The Bertz CT molecular complexity index is 1150. The van der Waals surface area contributed by atoms with Crippen LogP contribution in [0.25, 0.3) is 0 Å². The number of para-hydroxylation sites is 1. The highest BCUT2D eigenvalue weighted by atomic mass is 79.9. The van der Waals surface area contributed by atoms with E-state index in [0.717, 1.165) is 9.48 Å². The van der Waals surface area contributed by atoms with Crippen molar-refractivity contribution < 1.29 is 14.5 Å². The first-order chi connectivity index (χ1) is 14.4. The van der Waals surface area contributed by atoms with Crippen LogP contribution in [-0.2, 0) is 0 Å². The van der Waals surface area contributed by atoms with Crippen LogP contribution in [0.5, 0.6) is 0 Å². The van der Waals surface area contributed by atoms with E-state index in [2.05, 4.69) is 26.7 Å². The number of amides is 2. The number of non-ortho nitro benzene ring substituents is 1. The molecule has 9 heteroatoms. The lowest BCUT2D eigenvalue weighted by molar-refractivity contribution is -0.384. The second-order valence-corrected chi connectivity index (χ2v) is 7.48. The zero-order valence-electron chi connectivity index (χ0n) is 15.4. The van der Waals surface area contributed by atoms with E-state index in [4.69, 9.17) is 0 Å². The third-order valence-electron chi connectivity index (χ3n) is 4.65. The highest BCUT2D eigenvalue weighted by Gasteiger charge is 2.35. The minimum absolute atomic E-state index is 0.111. The molecule has 30 heavy (non-hydrogen) atoms. The van der Waals surface area contributed by atoms with Gasteiger partial charge in [0.2, 0.25) is 0 Å². The number of nitro groups is 1. The van der Waals surface area contributed by atoms with Gasteiger partial charge in [-0.05, 0) is 36.4 Å². The predicted molar refractivity (Wildman–Crippen MR) is 114 cm³/mol. The van der Waals surface area contributed by atoms with Gasteiger partial charge < -0.3 is 5.32 Å². The van der Waals surface area contributed by atoms with Crippen molar-refractivity contribution >= 4 is 39.1 Å². The van der Waals surface area contributed by atoms with E-state index in [9.17, 15) is 19.7 Å². The Labute approximate surface area is 179 Å². The van der Waals surface area contributed by atoms with Crippen LogP contribution in [-0.4, -0.2) is 21.7 Å². The Morgan fingerprint density at radius 3 is 2.53 bits per heavy atom. The number of hydrogen-bond donors (Lipinski definition) is 2. The third-order valence-corrected chi connectivity index (χ3v) is 5.18. The zero-order valence-corrected chi connectivity index (χ0v) is 17.0. The lowest BCUT2D eigenvalue weighted by Crippen LogP contribution is -2.52. The molecular formula is C21H15BrN4O4. The first kappa shape index (κ1) is 19.6. The van der Waals surface area contributed by atoms with E-state index in [1.807, 2.05) is 0 Å². The minimum Gasteiger partial charge on any atom is -0.359 e. The first-order valence-corrected chi connectivity index (χ1v) is 9.73. The number of fused-ring (bicyclic) bond motifs is 1. The van der Waals surface area contributed by atoms with Gasteiger partial charge in [0.05, 0.1) is 10.5 Å². The summed E-state index contributed by atoms with van der Waals surface area (Å²) in [7, 11) is 0. The number of carbonyl (C=O) groups excluding carboxylic acids is 2. The Morgan fingerprint density at radius 1 is 1.07 bits per heavy atom. The van der Waals surface area contributed by atoms with Crippen molar-refractivity contribution in [3.05, 3.63) is 104 Å². The smallest absolute Gasteiger partial charge is 0.276 e. The largest absolute Gasteiger partial charge is 0.359 e. The molecule has 150 valence electrons. The lowest BCUT2D eigenvalue weighted by Gasteiger charge is -2.37. The number of nitrogens with one attached hydrogen (secondary N) is 2. The minimum atomic E-state index is -0.827. The number of halogens is 1. The topological polar surface area (TPSA) is 105 Å². The number of benzene rings is 3. The van der Waals surface area contributed by atoms with Crippen molar-refractivity contribution in [1.29, 1.82) is 0 Å². The van der Waals surface area contributed by atoms with Gasteiger partial charge in [0, 0.05) is 33.4 Å². The van der Waals surface area contributed by atoms with Gasteiger partial charge in [0.25, 0.3) is 17.5 Å². The molecule has 2 amide bonds. The summed E-state index contributed by atoms with van der Waals surface area (Å²) in [6, 6.07) is 19.5. The average molecular weight is 467 g/mol. The Kier molecular flexibility index (Phi) is 5.20. The summed E-state index contributed by atoms with van der Waals surface area (Å²) in [5, 5.41) is 15.5. The molecule has 1 aliphatic heterocycles. The number of nitro benzene ring substituents is 1. The molecule has 0 spiro atoms. The molecule has 0 saturated heterocycles. The Hall–Kier alpha value is -3.72. The van der Waals surface area contributed by atoms with E-state index in [-0.39, 0.29) is 5.69 Å². The van der Waals surface area contributed by atoms with Gasteiger partial charge in [0.1, 0.15) is 6.17 Å². The van der Waals surface area contributed by atoms with Crippen molar-refractivity contribution in [3.8, 4) is 0 Å². The quantitative estimate of drug-likeness (QED) is 0.441. The van der Waals surface area contributed by atoms with E-state index in [1.165, 1.54) is 18.2 Å². The Balaban J connectivity index is 1.73. The molecule has 3 aromatic carbocycles. The molecular weight excluding hydrogens is 452 g/mol. The van der Waals surface area contributed by atoms with Crippen molar-refractivity contribution in [1.82, 2.24) is 10.4 Å². The maximum absolute atomic E-state index is 13.2. The molecule has 2 N–H and O–H groups in total. The molecule has 8 nitrogen and oxygen atoms in total. The maximum atomic E-state index is 13.2. The second-order valence-electron chi connectivity index (χ2n) is 6.57. The number of rotatable bonds is 4. The molecule has 0 saturated carbocycles. The molecule has 1 unspecified atom stereocenters. The van der Waals surface area contributed by atoms with Crippen LogP contribution in [0.15, 0.2) is 77.3 Å². The highest BCUT2D eigenvalue weighted by molar-refractivity contribution is 9.10. The van der Waals surface area contributed by atoms with Gasteiger partial charge in [-0.25, -0.2) is 5.01 Å². The normalized spacial score (nSPS) is 15.2. The fourth-order valence-electron chi connectivity index (χ4n) is 3.19. The van der Waals surface area contributed by atoms with Crippen LogP contribution in [0.4, 0.5) is 11.4 Å². The molecule has 4 rings (SSSR count). The molecule has 0 radical (unpaired) electrons. The Morgan fingerprint density at radius 2 is 1.80 bits per heavy atom. The van der Waals surface area contributed by atoms with Gasteiger partial charge >= 0.3 is 0 Å². The molecule has 0 fully saturated rings. The number of carbonyl (C=O) groups is 2. The molecule has 3 aromatic rings. The summed E-state index contributed by atoms with van der Waals surface area (Å²) in [6.45, 7) is 0. The summed E-state index contributed by atoms with van der Waals surface area (Å²) in [5.41, 5.74) is 4.31. The average Bonchev–Trinajstić information content (AvgIpc) is 2.76. The van der Waals surface area contributed by atoms with E-state index in [0.29, 0.717) is 22.4 Å². The molecule has 1 heterocycles. The van der Waals surface area contributed by atoms with Gasteiger partial charge in [-0.1, -0.05) is 40.2 Å². The fourth-order valence-corrected chi connectivity index (χ4v) is 3.45. The number of anilines is 1. The molecule has 0 aliphatic carbocycles. The summed E-state index contributed by atoms with van der Waals surface area (Å²) in [6.07, 6.45) is -0.827. The lowest BCUT2D eigenvalue weighted by atomic mass is 10.0. The molecule has 1 atom stereocenters. The van der Waals surface area contributed by atoms with Crippen LogP contribution in [0.2, 0.25) is 0 Å². The van der Waals surface area contributed by atoms with Gasteiger partial charge in [0.15, 0.2) is 0 Å². The van der Waals surface area contributed by atoms with Crippen LogP contribution in [0.1, 0.15) is 32.4 Å². The standard InChI is InChI=1S/C21H15BrN4O4/c22-15-10-8-13(9-11-15)20(27)24-25-19(14-4-3-5-16(12-14)26(29)30)23-18-7-2-1-6-17(18)21(25)28/h1-12,19,23H,(H,24,27). The summed E-state index contributed by atoms with van der Waals surface area (Å²) < 4.78 is 0.818. The first-order valence-electron chi connectivity index (χ1n) is 8.94. The predicted octanol–water partition coefficient (Wildman–Crippen LogP) is 4.27.